The molecule has 39 heavy (non-hydrogen) atoms. The zero-order valence-electron chi connectivity index (χ0n) is 21.6. The summed E-state index contributed by atoms with van der Waals surface area (Å²) in [6, 6.07) is 26.2. The second kappa shape index (κ2) is 10.6. The van der Waals surface area contributed by atoms with E-state index < -0.39 is 10.0 Å². The monoisotopic (exact) mass is 545 g/mol. The number of nitrogens with one attached hydrogen (secondary N) is 1. The number of rotatable bonds is 9. The van der Waals surface area contributed by atoms with Gasteiger partial charge in [-0.05, 0) is 35.9 Å². The fourth-order valence-electron chi connectivity index (χ4n) is 4.16. The van der Waals surface area contributed by atoms with Crippen LogP contribution in [0.5, 0.6) is 23.0 Å². The van der Waals surface area contributed by atoms with Crippen LogP contribution < -0.4 is 24.6 Å². The zero-order chi connectivity index (χ0) is 27.6. The highest BCUT2D eigenvalue weighted by atomic mass is 32.2. The number of anilines is 1. The minimum atomic E-state index is -4.02. The lowest BCUT2D eigenvalue weighted by atomic mass is 10.2. The van der Waals surface area contributed by atoms with Crippen LogP contribution in [0.3, 0.4) is 0 Å². The Kier molecular flexibility index (Phi) is 7.03. The summed E-state index contributed by atoms with van der Waals surface area (Å²) in [5.74, 6) is 1.64. The molecule has 0 amide bonds. The Bertz CT molecular complexity index is 1810. The molecule has 9 nitrogen and oxygen atoms in total. The van der Waals surface area contributed by atoms with Crippen LogP contribution >= 0.6 is 0 Å². The second-order valence-corrected chi connectivity index (χ2v) is 10.6. The summed E-state index contributed by atoms with van der Waals surface area (Å²) in [7, 11) is 0.713. The first-order valence-corrected chi connectivity index (χ1v) is 13.5. The van der Waals surface area contributed by atoms with Gasteiger partial charge in [0.15, 0.2) is 5.75 Å². The first-order chi connectivity index (χ1) is 18.7. The van der Waals surface area contributed by atoms with Crippen molar-refractivity contribution in [2.24, 2.45) is 14.1 Å². The number of methoxy groups -OCH3 is 1. The SMILES string of the molecule is COc1cccc(S(=O)(=O)Nc2cc3c(cc2Oc2cccc(OCc4ccccc4)c2)n(C)c(=O)n3C)c1. The molecule has 0 aliphatic heterocycles. The highest BCUT2D eigenvalue weighted by Crippen LogP contribution is 2.36. The van der Waals surface area contributed by atoms with Gasteiger partial charge in [0.25, 0.3) is 10.0 Å². The van der Waals surface area contributed by atoms with E-state index in [0.29, 0.717) is 34.9 Å². The molecule has 1 heterocycles. The average Bonchev–Trinajstić information content (AvgIpc) is 3.15. The van der Waals surface area contributed by atoms with E-state index in [1.165, 1.54) is 28.4 Å². The fourth-order valence-corrected chi connectivity index (χ4v) is 5.25. The van der Waals surface area contributed by atoms with E-state index in [1.807, 2.05) is 36.4 Å². The van der Waals surface area contributed by atoms with E-state index in [1.54, 1.807) is 56.6 Å². The normalized spacial score (nSPS) is 11.4. The Balaban J connectivity index is 1.51. The molecule has 0 aliphatic rings. The molecule has 5 aromatic rings. The smallest absolute Gasteiger partial charge is 0.328 e. The number of imidazole rings is 1. The zero-order valence-corrected chi connectivity index (χ0v) is 22.4. The molecule has 5 rings (SSSR count). The minimum Gasteiger partial charge on any atom is -0.497 e. The van der Waals surface area contributed by atoms with Gasteiger partial charge in [-0.1, -0.05) is 42.5 Å². The number of hydrogen-bond acceptors (Lipinski definition) is 6. The number of ether oxygens (including phenoxy) is 3. The van der Waals surface area contributed by atoms with Crippen molar-refractivity contribution >= 4 is 26.7 Å². The van der Waals surface area contributed by atoms with Gasteiger partial charge in [0.2, 0.25) is 0 Å². The maximum atomic E-state index is 13.3. The van der Waals surface area contributed by atoms with Crippen molar-refractivity contribution in [2.75, 3.05) is 11.8 Å². The van der Waals surface area contributed by atoms with E-state index >= 15 is 0 Å². The van der Waals surface area contributed by atoms with E-state index in [9.17, 15) is 13.2 Å². The summed E-state index contributed by atoms with van der Waals surface area (Å²) < 4.78 is 49.5. The average molecular weight is 546 g/mol. The molecule has 1 N–H and O–H groups in total. The first-order valence-electron chi connectivity index (χ1n) is 12.1. The molecule has 0 bridgehead atoms. The molecule has 0 atom stereocenters. The Morgan fingerprint density at radius 2 is 1.44 bits per heavy atom. The third kappa shape index (κ3) is 5.46. The Morgan fingerprint density at radius 3 is 2.18 bits per heavy atom. The topological polar surface area (TPSA) is 101 Å². The molecule has 0 fully saturated rings. The maximum absolute atomic E-state index is 13.3. The van der Waals surface area contributed by atoms with Gasteiger partial charge in [0.05, 0.1) is 28.7 Å². The van der Waals surface area contributed by atoms with Gasteiger partial charge in [0, 0.05) is 32.3 Å². The predicted octanol–water partition coefficient (Wildman–Crippen LogP) is 5.06. The molecular weight excluding hydrogens is 518 g/mol. The summed E-state index contributed by atoms with van der Waals surface area (Å²) in [5, 5.41) is 0. The quantitative estimate of drug-likeness (QED) is 0.278. The Morgan fingerprint density at radius 1 is 0.769 bits per heavy atom. The van der Waals surface area contributed by atoms with Crippen LogP contribution in [0.4, 0.5) is 5.69 Å². The molecule has 0 radical (unpaired) electrons. The van der Waals surface area contributed by atoms with Crippen molar-refractivity contribution in [1.82, 2.24) is 9.13 Å². The minimum absolute atomic E-state index is 0.0196. The Labute approximate surface area is 225 Å². The van der Waals surface area contributed by atoms with Crippen molar-refractivity contribution in [2.45, 2.75) is 11.5 Å². The third-order valence-corrected chi connectivity index (χ3v) is 7.61. The van der Waals surface area contributed by atoms with E-state index in [-0.39, 0.29) is 22.0 Å². The molecule has 0 saturated carbocycles. The largest absolute Gasteiger partial charge is 0.497 e. The van der Waals surface area contributed by atoms with Gasteiger partial charge in [0.1, 0.15) is 23.9 Å². The number of sulfonamides is 1. The summed E-state index contributed by atoms with van der Waals surface area (Å²) in [5.41, 5.74) is 2.06. The highest BCUT2D eigenvalue weighted by Gasteiger charge is 2.21. The van der Waals surface area contributed by atoms with Crippen LogP contribution in [0, 0.1) is 0 Å². The molecular formula is C29H27N3O6S. The fraction of sp³-hybridized carbons (Fsp3) is 0.138. The number of benzene rings is 4. The summed E-state index contributed by atoms with van der Waals surface area (Å²) in [6.07, 6.45) is 0. The van der Waals surface area contributed by atoms with Crippen LogP contribution in [0.25, 0.3) is 11.0 Å². The number of hydrogen-bond donors (Lipinski definition) is 1. The number of aromatic nitrogens is 2. The lowest BCUT2D eigenvalue weighted by Gasteiger charge is -2.15. The van der Waals surface area contributed by atoms with Crippen LogP contribution in [0.15, 0.2) is 101 Å². The highest BCUT2D eigenvalue weighted by molar-refractivity contribution is 7.92. The molecule has 0 unspecified atom stereocenters. The second-order valence-electron chi connectivity index (χ2n) is 8.87. The van der Waals surface area contributed by atoms with Crippen molar-refractivity contribution in [3.8, 4) is 23.0 Å². The predicted molar refractivity (Wildman–Crippen MR) is 149 cm³/mol. The number of nitrogens with zero attached hydrogens (tertiary/aromatic N) is 2. The first kappa shape index (κ1) is 25.9. The van der Waals surface area contributed by atoms with Crippen molar-refractivity contribution < 1.29 is 22.6 Å². The van der Waals surface area contributed by atoms with Gasteiger partial charge < -0.3 is 14.2 Å². The van der Waals surface area contributed by atoms with Crippen molar-refractivity contribution in [3.63, 3.8) is 0 Å². The van der Waals surface area contributed by atoms with Crippen LogP contribution in [-0.4, -0.2) is 24.7 Å². The molecule has 10 heteroatoms. The van der Waals surface area contributed by atoms with Crippen molar-refractivity contribution in [1.29, 1.82) is 0 Å². The van der Waals surface area contributed by atoms with Crippen LogP contribution in [-0.2, 0) is 30.7 Å². The van der Waals surface area contributed by atoms with E-state index in [2.05, 4.69) is 4.72 Å². The standard InChI is InChI=1S/C29H27N3O6S/c1-31-26-17-25(30-39(34,35)24-14-8-11-21(16-24)36-3)28(18-27(26)32(2)29(31)33)38-23-13-7-12-22(15-23)37-19-20-9-5-4-6-10-20/h4-18,30H,19H2,1-3H3. The summed E-state index contributed by atoms with van der Waals surface area (Å²) in [6.45, 7) is 0.383. The van der Waals surface area contributed by atoms with Gasteiger partial charge in [-0.15, -0.1) is 0 Å². The number of aryl methyl sites for hydroxylation is 2. The summed E-state index contributed by atoms with van der Waals surface area (Å²) >= 11 is 0. The molecule has 0 aliphatic carbocycles. The van der Waals surface area contributed by atoms with Crippen molar-refractivity contribution in [3.05, 3.63) is 107 Å². The van der Waals surface area contributed by atoms with Gasteiger partial charge in [-0.2, -0.15) is 0 Å². The van der Waals surface area contributed by atoms with Gasteiger partial charge in [-0.3, -0.25) is 13.9 Å². The third-order valence-electron chi connectivity index (χ3n) is 6.25. The summed E-state index contributed by atoms with van der Waals surface area (Å²) in [4.78, 5) is 12.6. The maximum Gasteiger partial charge on any atom is 0.328 e. The van der Waals surface area contributed by atoms with Gasteiger partial charge >= 0.3 is 5.69 Å². The van der Waals surface area contributed by atoms with Crippen LogP contribution in [0.1, 0.15) is 5.56 Å². The molecule has 4 aromatic carbocycles. The van der Waals surface area contributed by atoms with E-state index in [0.717, 1.165) is 5.56 Å². The van der Waals surface area contributed by atoms with Gasteiger partial charge in [-0.25, -0.2) is 13.2 Å². The lowest BCUT2D eigenvalue weighted by molar-refractivity contribution is 0.304. The molecule has 1 aromatic heterocycles. The molecule has 0 spiro atoms. The Hall–Kier alpha value is -4.70. The lowest BCUT2D eigenvalue weighted by Crippen LogP contribution is -2.19. The van der Waals surface area contributed by atoms with E-state index in [4.69, 9.17) is 14.2 Å². The molecule has 0 saturated heterocycles. The number of fused-ring (bicyclic) bond motifs is 1. The molecule has 200 valence electrons. The van der Waals surface area contributed by atoms with Crippen LogP contribution in [0.2, 0.25) is 0 Å².